The van der Waals surface area contributed by atoms with Crippen LogP contribution in [0.15, 0.2) is 0 Å². The minimum Gasteiger partial charge on any atom is -0.375 e. The Kier molecular flexibility index (Phi) is 3.83. The molecule has 2 saturated carbocycles. The Balaban J connectivity index is 1.78. The van der Waals surface area contributed by atoms with Gasteiger partial charge in [-0.2, -0.15) is 5.26 Å². The van der Waals surface area contributed by atoms with Crippen LogP contribution in [-0.2, 0) is 4.74 Å². The van der Waals surface area contributed by atoms with E-state index in [0.717, 1.165) is 25.7 Å². The maximum absolute atomic E-state index is 9.13. The summed E-state index contributed by atoms with van der Waals surface area (Å²) in [6, 6.07) is 2.25. The van der Waals surface area contributed by atoms with Crippen molar-refractivity contribution in [3.05, 3.63) is 0 Å². The van der Waals surface area contributed by atoms with E-state index in [4.69, 9.17) is 15.7 Å². The molecule has 1 atom stereocenters. The van der Waals surface area contributed by atoms with E-state index >= 15 is 0 Å². The Morgan fingerprint density at radius 2 is 1.75 bits per heavy atom. The summed E-state index contributed by atoms with van der Waals surface area (Å²) in [5.74, 6) is 0.378. The van der Waals surface area contributed by atoms with Gasteiger partial charge in [0.25, 0.3) is 0 Å². The Bertz CT molecular complexity index is 262. The molecule has 1 unspecified atom stereocenters. The number of nitrogens with two attached hydrogens (primary N) is 1. The highest BCUT2D eigenvalue weighted by Gasteiger charge is 2.43. The monoisotopic (exact) mass is 222 g/mol. The van der Waals surface area contributed by atoms with Gasteiger partial charge < -0.3 is 10.5 Å². The van der Waals surface area contributed by atoms with Gasteiger partial charge in [0.15, 0.2) is 0 Å². The first-order valence-electron chi connectivity index (χ1n) is 6.56. The smallest absolute Gasteiger partial charge is 0.130 e. The van der Waals surface area contributed by atoms with Gasteiger partial charge in [0, 0.05) is 0 Å². The van der Waals surface area contributed by atoms with Crippen molar-refractivity contribution in [3.63, 3.8) is 0 Å². The number of nitriles is 1. The first kappa shape index (κ1) is 11.9. The second kappa shape index (κ2) is 5.16. The number of nitrogens with zero attached hydrogens (tertiary/aromatic N) is 1. The molecule has 0 bridgehead atoms. The molecule has 0 spiro atoms. The molecule has 0 saturated heterocycles. The lowest BCUT2D eigenvalue weighted by Crippen LogP contribution is -2.46. The van der Waals surface area contributed by atoms with Crippen molar-refractivity contribution in [1.82, 2.24) is 0 Å². The van der Waals surface area contributed by atoms with Crippen LogP contribution in [-0.4, -0.2) is 18.2 Å². The van der Waals surface area contributed by atoms with Gasteiger partial charge in [-0.15, -0.1) is 0 Å². The second-order valence-electron chi connectivity index (χ2n) is 5.35. The molecule has 3 nitrogen and oxygen atoms in total. The molecule has 0 heterocycles. The van der Waals surface area contributed by atoms with Gasteiger partial charge in [-0.1, -0.05) is 25.7 Å². The number of hydrogen-bond acceptors (Lipinski definition) is 3. The van der Waals surface area contributed by atoms with Gasteiger partial charge >= 0.3 is 0 Å². The number of ether oxygens (including phenoxy) is 1. The largest absolute Gasteiger partial charge is 0.375 e. The summed E-state index contributed by atoms with van der Waals surface area (Å²) < 4.78 is 5.87. The zero-order chi connectivity index (χ0) is 11.4. The summed E-state index contributed by atoms with van der Waals surface area (Å²) in [6.45, 7) is 0.429. The average molecular weight is 222 g/mol. The van der Waals surface area contributed by atoms with Gasteiger partial charge in [0.2, 0.25) is 0 Å². The molecule has 2 N–H and O–H groups in total. The minimum absolute atomic E-state index is 0.345. The maximum atomic E-state index is 9.13. The predicted molar refractivity (Wildman–Crippen MR) is 62.7 cm³/mol. The van der Waals surface area contributed by atoms with Crippen LogP contribution in [0.25, 0.3) is 0 Å². The number of rotatable bonds is 4. The van der Waals surface area contributed by atoms with E-state index in [1.54, 1.807) is 0 Å². The van der Waals surface area contributed by atoms with Crippen LogP contribution in [0.5, 0.6) is 0 Å². The molecule has 2 fully saturated rings. The van der Waals surface area contributed by atoms with E-state index in [0.29, 0.717) is 18.6 Å². The third-order valence-electron chi connectivity index (χ3n) is 3.87. The molecule has 90 valence electrons. The van der Waals surface area contributed by atoms with Crippen molar-refractivity contribution in [2.24, 2.45) is 11.7 Å². The second-order valence-corrected chi connectivity index (χ2v) is 5.35. The van der Waals surface area contributed by atoms with Gasteiger partial charge in [0.1, 0.15) is 5.54 Å². The zero-order valence-corrected chi connectivity index (χ0v) is 9.95. The zero-order valence-electron chi connectivity index (χ0n) is 9.95. The molecular formula is C13H22N2O. The fraction of sp³-hybridized carbons (Fsp3) is 0.923. The highest BCUT2D eigenvalue weighted by atomic mass is 16.5. The molecule has 3 heteroatoms. The van der Waals surface area contributed by atoms with E-state index in [-0.39, 0.29) is 0 Å². The van der Waals surface area contributed by atoms with Crippen LogP contribution in [0, 0.1) is 17.2 Å². The molecule has 0 aromatic rings. The molecule has 0 aliphatic heterocycles. The third-order valence-corrected chi connectivity index (χ3v) is 3.87. The van der Waals surface area contributed by atoms with Crippen LogP contribution in [0.4, 0.5) is 0 Å². The van der Waals surface area contributed by atoms with Crippen LogP contribution < -0.4 is 5.73 Å². The minimum atomic E-state index is -0.716. The molecular weight excluding hydrogens is 200 g/mol. The summed E-state index contributed by atoms with van der Waals surface area (Å²) in [5.41, 5.74) is 5.36. The maximum Gasteiger partial charge on any atom is 0.130 e. The van der Waals surface area contributed by atoms with Crippen molar-refractivity contribution in [1.29, 1.82) is 5.26 Å². The van der Waals surface area contributed by atoms with Crippen LogP contribution in [0.2, 0.25) is 0 Å². The fourth-order valence-corrected chi connectivity index (χ4v) is 2.50. The summed E-state index contributed by atoms with van der Waals surface area (Å²) in [4.78, 5) is 0. The number of hydrogen-bond donors (Lipinski definition) is 1. The van der Waals surface area contributed by atoms with Gasteiger partial charge in [-0.25, -0.2) is 0 Å². The lowest BCUT2D eigenvalue weighted by atomic mass is 9.98. The van der Waals surface area contributed by atoms with Crippen molar-refractivity contribution in [3.8, 4) is 6.07 Å². The van der Waals surface area contributed by atoms with E-state index in [1.807, 2.05) is 0 Å². The van der Waals surface area contributed by atoms with Gasteiger partial charge in [0.05, 0.1) is 18.8 Å². The summed E-state index contributed by atoms with van der Waals surface area (Å²) in [7, 11) is 0. The third kappa shape index (κ3) is 2.96. The predicted octanol–water partition coefficient (Wildman–Crippen LogP) is 2.36. The summed E-state index contributed by atoms with van der Waals surface area (Å²) in [6.07, 6.45) is 10.0. The van der Waals surface area contributed by atoms with E-state index in [2.05, 4.69) is 6.07 Å². The highest BCUT2D eigenvalue weighted by molar-refractivity contribution is 5.13. The summed E-state index contributed by atoms with van der Waals surface area (Å²) >= 11 is 0. The molecule has 2 aliphatic rings. The van der Waals surface area contributed by atoms with E-state index < -0.39 is 5.54 Å². The molecule has 2 rings (SSSR count). The van der Waals surface area contributed by atoms with Crippen molar-refractivity contribution in [2.45, 2.75) is 63.0 Å². The topological polar surface area (TPSA) is 59.0 Å². The first-order valence-corrected chi connectivity index (χ1v) is 6.56. The standard InChI is InChI=1S/C13H22N2O/c14-9-13(15,11-7-8-11)10-16-12-5-3-1-2-4-6-12/h11-12H,1-8,10,15H2. The lowest BCUT2D eigenvalue weighted by molar-refractivity contribution is 0.0187. The van der Waals surface area contributed by atoms with Gasteiger partial charge in [-0.3, -0.25) is 0 Å². The first-order chi connectivity index (χ1) is 7.74. The van der Waals surface area contributed by atoms with Crippen LogP contribution in [0.1, 0.15) is 51.4 Å². The Morgan fingerprint density at radius 1 is 1.12 bits per heavy atom. The molecule has 0 aromatic heterocycles. The van der Waals surface area contributed by atoms with Crippen molar-refractivity contribution >= 4 is 0 Å². The molecule has 2 aliphatic carbocycles. The summed E-state index contributed by atoms with van der Waals surface area (Å²) in [5, 5.41) is 9.13. The molecule has 0 aromatic carbocycles. The Labute approximate surface area is 98.0 Å². The van der Waals surface area contributed by atoms with Crippen LogP contribution in [0.3, 0.4) is 0 Å². The SMILES string of the molecule is N#CC(N)(COC1CCCCCC1)C1CC1. The van der Waals surface area contributed by atoms with E-state index in [1.165, 1.54) is 25.7 Å². The Hall–Kier alpha value is -0.590. The van der Waals surface area contributed by atoms with Crippen molar-refractivity contribution < 1.29 is 4.74 Å². The van der Waals surface area contributed by atoms with Gasteiger partial charge in [-0.05, 0) is 31.6 Å². The van der Waals surface area contributed by atoms with Crippen LogP contribution >= 0.6 is 0 Å². The molecule has 0 amide bonds. The Morgan fingerprint density at radius 3 is 2.25 bits per heavy atom. The lowest BCUT2D eigenvalue weighted by Gasteiger charge is -2.24. The fourth-order valence-electron chi connectivity index (χ4n) is 2.50. The average Bonchev–Trinajstić information content (AvgIpc) is 3.12. The molecule has 16 heavy (non-hydrogen) atoms. The normalized spacial score (nSPS) is 26.8. The molecule has 0 radical (unpaired) electrons. The van der Waals surface area contributed by atoms with E-state index in [9.17, 15) is 0 Å². The highest BCUT2D eigenvalue weighted by Crippen LogP contribution is 2.38. The van der Waals surface area contributed by atoms with Crippen molar-refractivity contribution in [2.75, 3.05) is 6.61 Å². The quantitative estimate of drug-likeness (QED) is 0.743.